The van der Waals surface area contributed by atoms with Crippen LogP contribution in [0.3, 0.4) is 0 Å². The van der Waals surface area contributed by atoms with Crippen molar-refractivity contribution in [3.05, 3.63) is 35.4 Å². The summed E-state index contributed by atoms with van der Waals surface area (Å²) in [4.78, 5) is 11.3. The number of aryl methyl sites for hydroxylation is 1. The highest BCUT2D eigenvalue weighted by molar-refractivity contribution is 5.90. The molecule has 1 aromatic carbocycles. The average molecular weight is 188 g/mol. The number of hydrogen-bond acceptors (Lipinski definition) is 2. The van der Waals surface area contributed by atoms with Gasteiger partial charge in [-0.25, -0.2) is 4.79 Å². The molecule has 0 bridgehead atoms. The highest BCUT2D eigenvalue weighted by atomic mass is 16.5. The lowest BCUT2D eigenvalue weighted by Crippen LogP contribution is -2.05. The smallest absolute Gasteiger partial charge is 0.338 e. The van der Waals surface area contributed by atoms with Crippen LogP contribution >= 0.6 is 0 Å². The molecule has 0 atom stereocenters. The zero-order chi connectivity index (χ0) is 10.4. The van der Waals surface area contributed by atoms with Crippen LogP contribution in [0.4, 0.5) is 0 Å². The summed E-state index contributed by atoms with van der Waals surface area (Å²) in [6.45, 7) is 0. The number of methoxy groups -OCH3 is 1. The molecule has 0 fully saturated rings. The third-order valence-corrected chi connectivity index (χ3v) is 1.96. The molecule has 0 saturated carbocycles. The maximum Gasteiger partial charge on any atom is 0.338 e. The Morgan fingerprint density at radius 1 is 1.50 bits per heavy atom. The van der Waals surface area contributed by atoms with Crippen LogP contribution in [0.25, 0.3) is 0 Å². The number of esters is 1. The summed E-state index contributed by atoms with van der Waals surface area (Å²) in [5, 5.41) is 0. The van der Waals surface area contributed by atoms with E-state index in [-0.39, 0.29) is 5.97 Å². The predicted octanol–water partition coefficient (Wildman–Crippen LogP) is 2.04. The minimum absolute atomic E-state index is 0.308. The van der Waals surface area contributed by atoms with Crippen LogP contribution in [-0.4, -0.2) is 13.1 Å². The molecule has 0 unspecified atom stereocenters. The summed E-state index contributed by atoms with van der Waals surface area (Å²) in [7, 11) is 1.38. The van der Waals surface area contributed by atoms with Gasteiger partial charge in [0.2, 0.25) is 0 Å². The van der Waals surface area contributed by atoms with Crippen molar-refractivity contribution >= 4 is 5.97 Å². The zero-order valence-electron chi connectivity index (χ0n) is 8.12. The number of hydrogen-bond donors (Lipinski definition) is 0. The number of rotatable bonds is 3. The molecule has 0 aliphatic rings. The molecule has 0 N–H and O–H groups in total. The molecule has 1 aromatic rings. The van der Waals surface area contributed by atoms with Gasteiger partial charge in [0.25, 0.3) is 0 Å². The van der Waals surface area contributed by atoms with Crippen LogP contribution in [0.1, 0.15) is 22.3 Å². The summed E-state index contributed by atoms with van der Waals surface area (Å²) in [6, 6.07) is 7.34. The highest BCUT2D eigenvalue weighted by Crippen LogP contribution is 2.11. The van der Waals surface area contributed by atoms with Crippen molar-refractivity contribution in [3.63, 3.8) is 0 Å². The molecule has 2 heteroatoms. The third-order valence-electron chi connectivity index (χ3n) is 1.96. The van der Waals surface area contributed by atoms with E-state index >= 15 is 0 Å². The Bertz CT molecular complexity index is 361. The van der Waals surface area contributed by atoms with Crippen molar-refractivity contribution in [2.45, 2.75) is 12.8 Å². The van der Waals surface area contributed by atoms with Gasteiger partial charge in [-0.05, 0) is 18.1 Å². The van der Waals surface area contributed by atoms with Gasteiger partial charge in [0, 0.05) is 6.42 Å². The maximum absolute atomic E-state index is 11.3. The van der Waals surface area contributed by atoms with Gasteiger partial charge in [0.05, 0.1) is 12.7 Å². The lowest BCUT2D eigenvalue weighted by atomic mass is 10.0. The van der Waals surface area contributed by atoms with E-state index in [2.05, 4.69) is 10.7 Å². The van der Waals surface area contributed by atoms with Gasteiger partial charge in [0.1, 0.15) is 0 Å². The van der Waals surface area contributed by atoms with Gasteiger partial charge in [-0.1, -0.05) is 18.2 Å². The van der Waals surface area contributed by atoms with Gasteiger partial charge >= 0.3 is 5.97 Å². The molecule has 0 amide bonds. The third kappa shape index (κ3) is 2.37. The fourth-order valence-corrected chi connectivity index (χ4v) is 1.25. The molecule has 14 heavy (non-hydrogen) atoms. The molecular formula is C12H12O2. The minimum atomic E-state index is -0.308. The molecule has 0 saturated heterocycles. The Labute approximate surface area is 83.9 Å². The Balaban J connectivity index is 2.92. The van der Waals surface area contributed by atoms with Gasteiger partial charge < -0.3 is 4.74 Å². The molecule has 0 heterocycles. The van der Waals surface area contributed by atoms with Crippen molar-refractivity contribution < 1.29 is 9.53 Å². The van der Waals surface area contributed by atoms with Crippen molar-refractivity contribution in [2.75, 3.05) is 7.11 Å². The molecule has 0 radical (unpaired) electrons. The highest BCUT2D eigenvalue weighted by Gasteiger charge is 2.09. The first-order valence-corrected chi connectivity index (χ1v) is 4.39. The Morgan fingerprint density at radius 2 is 2.21 bits per heavy atom. The second-order valence-electron chi connectivity index (χ2n) is 2.85. The standard InChI is InChI=1S/C12H12O2/c1-3-4-7-10-8-5-6-9-11(10)12(13)14-2/h1,5-6,8-9H,4,7H2,2H3. The summed E-state index contributed by atoms with van der Waals surface area (Å²) in [5.41, 5.74) is 1.54. The van der Waals surface area contributed by atoms with E-state index in [0.717, 1.165) is 5.56 Å². The number of carbonyl (C=O) groups is 1. The minimum Gasteiger partial charge on any atom is -0.465 e. The van der Waals surface area contributed by atoms with E-state index in [1.54, 1.807) is 6.07 Å². The number of terminal acetylenes is 1. The van der Waals surface area contributed by atoms with Gasteiger partial charge in [-0.15, -0.1) is 12.3 Å². The number of benzene rings is 1. The van der Waals surface area contributed by atoms with Crippen LogP contribution in [-0.2, 0) is 11.2 Å². The van der Waals surface area contributed by atoms with Crippen LogP contribution < -0.4 is 0 Å². The summed E-state index contributed by atoms with van der Waals surface area (Å²) < 4.78 is 4.67. The van der Waals surface area contributed by atoms with Gasteiger partial charge in [-0.3, -0.25) is 0 Å². The van der Waals surface area contributed by atoms with Crippen molar-refractivity contribution in [3.8, 4) is 12.3 Å². The van der Waals surface area contributed by atoms with Crippen LogP contribution in [0.2, 0.25) is 0 Å². The lowest BCUT2D eigenvalue weighted by Gasteiger charge is -2.05. The van der Waals surface area contributed by atoms with E-state index in [0.29, 0.717) is 18.4 Å². The largest absolute Gasteiger partial charge is 0.465 e. The Kier molecular flexibility index (Phi) is 3.75. The zero-order valence-corrected chi connectivity index (χ0v) is 8.12. The van der Waals surface area contributed by atoms with Crippen molar-refractivity contribution in [1.29, 1.82) is 0 Å². The fraction of sp³-hybridized carbons (Fsp3) is 0.250. The molecule has 1 rings (SSSR count). The predicted molar refractivity (Wildman–Crippen MR) is 54.9 cm³/mol. The second-order valence-corrected chi connectivity index (χ2v) is 2.85. The van der Waals surface area contributed by atoms with E-state index in [1.165, 1.54) is 7.11 Å². The Hall–Kier alpha value is -1.75. The summed E-state index contributed by atoms with van der Waals surface area (Å²) >= 11 is 0. The quantitative estimate of drug-likeness (QED) is 0.536. The molecule has 2 nitrogen and oxygen atoms in total. The van der Waals surface area contributed by atoms with Crippen LogP contribution in [0.15, 0.2) is 24.3 Å². The van der Waals surface area contributed by atoms with E-state index in [4.69, 9.17) is 6.42 Å². The van der Waals surface area contributed by atoms with E-state index in [9.17, 15) is 4.79 Å². The number of ether oxygens (including phenoxy) is 1. The molecule has 72 valence electrons. The summed E-state index contributed by atoms with van der Waals surface area (Å²) in [5.74, 6) is 2.24. The first-order chi connectivity index (χ1) is 6.79. The van der Waals surface area contributed by atoms with Gasteiger partial charge in [0.15, 0.2) is 0 Å². The van der Waals surface area contributed by atoms with Crippen LogP contribution in [0, 0.1) is 12.3 Å². The van der Waals surface area contributed by atoms with Crippen molar-refractivity contribution in [2.24, 2.45) is 0 Å². The average Bonchev–Trinajstić information content (AvgIpc) is 2.25. The fourth-order valence-electron chi connectivity index (χ4n) is 1.25. The normalized spacial score (nSPS) is 9.14. The molecule has 0 aromatic heterocycles. The first kappa shape index (κ1) is 10.3. The van der Waals surface area contributed by atoms with E-state index < -0.39 is 0 Å². The monoisotopic (exact) mass is 188 g/mol. The first-order valence-electron chi connectivity index (χ1n) is 4.39. The van der Waals surface area contributed by atoms with Crippen molar-refractivity contribution in [1.82, 2.24) is 0 Å². The molecule has 0 aliphatic carbocycles. The molecular weight excluding hydrogens is 176 g/mol. The Morgan fingerprint density at radius 3 is 2.86 bits per heavy atom. The topological polar surface area (TPSA) is 26.3 Å². The van der Waals surface area contributed by atoms with Crippen LogP contribution in [0.5, 0.6) is 0 Å². The lowest BCUT2D eigenvalue weighted by molar-refractivity contribution is 0.0599. The number of carbonyl (C=O) groups excluding carboxylic acids is 1. The maximum atomic E-state index is 11.3. The van der Waals surface area contributed by atoms with Gasteiger partial charge in [-0.2, -0.15) is 0 Å². The molecule has 0 aliphatic heterocycles. The summed E-state index contributed by atoms with van der Waals surface area (Å²) in [6.07, 6.45) is 6.51. The molecule has 0 spiro atoms. The SMILES string of the molecule is C#CCCc1ccccc1C(=O)OC. The van der Waals surface area contributed by atoms with E-state index in [1.807, 2.05) is 18.2 Å². The second kappa shape index (κ2) is 5.08.